The molecule has 0 saturated heterocycles. The van der Waals surface area contributed by atoms with E-state index in [1.807, 2.05) is 0 Å². The summed E-state index contributed by atoms with van der Waals surface area (Å²) in [6.07, 6.45) is 6.67. The second-order valence-electron chi connectivity index (χ2n) is 28.3. The molecule has 0 amide bonds. The van der Waals surface area contributed by atoms with Crippen LogP contribution in [0, 0.1) is 5.41 Å². The Balaban J connectivity index is 1.02. The van der Waals surface area contributed by atoms with Gasteiger partial charge in [-0.1, -0.05) is 255 Å². The number of anilines is 8. The predicted octanol–water partition coefficient (Wildman–Crippen LogP) is 20.1. The summed E-state index contributed by atoms with van der Waals surface area (Å²) >= 11 is 0. The molecule has 0 spiro atoms. The minimum Gasteiger partial charge on any atom is -0.334 e. The van der Waals surface area contributed by atoms with Crippen LogP contribution in [0.15, 0.2) is 255 Å². The quantitative estimate of drug-likeness (QED) is 0.105. The van der Waals surface area contributed by atoms with E-state index in [1.165, 1.54) is 141 Å². The average molecular weight is 1140 g/mol. The monoisotopic (exact) mass is 1140 g/mol. The smallest absolute Gasteiger partial charge is 0.252 e. The maximum absolute atomic E-state index is 2.85. The molecule has 11 aromatic carbocycles. The van der Waals surface area contributed by atoms with E-state index in [9.17, 15) is 0 Å². The van der Waals surface area contributed by atoms with Gasteiger partial charge in [0, 0.05) is 56.7 Å². The van der Waals surface area contributed by atoms with Gasteiger partial charge in [0.15, 0.2) is 0 Å². The molecule has 2 atom stereocenters. The summed E-state index contributed by atoms with van der Waals surface area (Å²) in [6, 6.07) is 97.9. The first-order valence-corrected chi connectivity index (χ1v) is 32.3. The van der Waals surface area contributed by atoms with Crippen molar-refractivity contribution >= 4 is 68.6 Å². The summed E-state index contributed by atoms with van der Waals surface area (Å²) in [4.78, 5) is 8.26. The van der Waals surface area contributed by atoms with E-state index in [0.29, 0.717) is 0 Å². The lowest BCUT2D eigenvalue weighted by atomic mass is 9.33. The van der Waals surface area contributed by atoms with Crippen LogP contribution < -0.4 is 31.1 Å². The molecule has 2 aliphatic carbocycles. The molecule has 3 heterocycles. The second kappa shape index (κ2) is 20.5. The van der Waals surface area contributed by atoms with E-state index < -0.39 is 0 Å². The van der Waals surface area contributed by atoms with Gasteiger partial charge >= 0.3 is 0 Å². The lowest BCUT2D eigenvalue weighted by Gasteiger charge is -2.51. The molecular formula is C84H76BN3. The molecule has 88 heavy (non-hydrogen) atoms. The van der Waals surface area contributed by atoms with E-state index in [-0.39, 0.29) is 34.4 Å². The van der Waals surface area contributed by atoms with Crippen LogP contribution in [0.3, 0.4) is 0 Å². The summed E-state index contributed by atoms with van der Waals surface area (Å²) in [7, 11) is 0. The largest absolute Gasteiger partial charge is 0.334 e. The van der Waals surface area contributed by atoms with Crippen molar-refractivity contribution in [2.45, 2.75) is 109 Å². The molecule has 0 aromatic heterocycles. The van der Waals surface area contributed by atoms with Crippen LogP contribution in [-0.4, -0.2) is 12.3 Å². The van der Waals surface area contributed by atoms with Crippen LogP contribution in [-0.2, 0) is 23.7 Å². The van der Waals surface area contributed by atoms with Crippen molar-refractivity contribution in [1.82, 2.24) is 0 Å². The fourth-order valence-electron chi connectivity index (χ4n) is 16.7. The van der Waals surface area contributed by atoms with Crippen molar-refractivity contribution in [3.63, 3.8) is 0 Å². The van der Waals surface area contributed by atoms with Crippen molar-refractivity contribution in [3.8, 4) is 33.4 Å². The molecule has 1 fully saturated rings. The first kappa shape index (κ1) is 54.3. The summed E-state index contributed by atoms with van der Waals surface area (Å²) in [5.74, 6) is 0.0931. The summed E-state index contributed by atoms with van der Waals surface area (Å²) < 4.78 is 0. The number of fused-ring (bicyclic) bond motifs is 8. The second-order valence-corrected chi connectivity index (χ2v) is 28.3. The highest BCUT2D eigenvalue weighted by atomic mass is 15.3. The molecule has 0 bridgehead atoms. The Labute approximate surface area is 522 Å². The normalized spacial score (nSPS) is 18.5. The zero-order valence-electron chi connectivity index (χ0n) is 52.0. The number of hydrogen-bond donors (Lipinski definition) is 0. The molecule has 3 aliphatic heterocycles. The van der Waals surface area contributed by atoms with Gasteiger partial charge in [-0.2, -0.15) is 0 Å². The lowest BCUT2D eigenvalue weighted by Crippen LogP contribution is -2.61. The lowest BCUT2D eigenvalue weighted by molar-refractivity contribution is 0.195. The van der Waals surface area contributed by atoms with Gasteiger partial charge in [0.25, 0.3) is 6.71 Å². The average Bonchev–Trinajstić information content (AvgIpc) is 1.34. The van der Waals surface area contributed by atoms with Gasteiger partial charge < -0.3 is 14.7 Å². The SMILES string of the molecule is CC1(C)Cc2cc3c(cc2C1)N(c1ccc(C(C)(C)C)cc1-c1ccccc1)c1cc(N2c4ccc(C(c5ccccc5)c5ccccc5)cc4C4(C)CCCCC24C)cc2c1B3c1ccc(-c3ccccc3)cc1N2c1cccc(-c2ccccc2)c1. The Morgan fingerprint density at radius 2 is 0.955 bits per heavy atom. The van der Waals surface area contributed by atoms with Crippen molar-refractivity contribution in [3.05, 3.63) is 294 Å². The number of rotatable bonds is 9. The van der Waals surface area contributed by atoms with Gasteiger partial charge in [0.2, 0.25) is 0 Å². The van der Waals surface area contributed by atoms with Crippen molar-refractivity contribution in [2.24, 2.45) is 5.41 Å². The van der Waals surface area contributed by atoms with Gasteiger partial charge in [-0.25, -0.2) is 0 Å². The molecule has 16 rings (SSSR count). The van der Waals surface area contributed by atoms with Crippen LogP contribution in [0.25, 0.3) is 33.4 Å². The third kappa shape index (κ3) is 8.68. The van der Waals surface area contributed by atoms with Crippen LogP contribution in [0.1, 0.15) is 119 Å². The molecule has 0 radical (unpaired) electrons. The van der Waals surface area contributed by atoms with Crippen molar-refractivity contribution < 1.29 is 0 Å². The van der Waals surface area contributed by atoms with Crippen LogP contribution in [0.2, 0.25) is 0 Å². The third-order valence-corrected chi connectivity index (χ3v) is 21.2. The Morgan fingerprint density at radius 1 is 0.398 bits per heavy atom. The van der Waals surface area contributed by atoms with Crippen LogP contribution in [0.4, 0.5) is 45.5 Å². The van der Waals surface area contributed by atoms with E-state index in [0.717, 1.165) is 31.4 Å². The number of nitrogens with zero attached hydrogens (tertiary/aromatic N) is 3. The maximum atomic E-state index is 2.85. The van der Waals surface area contributed by atoms with Crippen molar-refractivity contribution in [2.75, 3.05) is 14.7 Å². The maximum Gasteiger partial charge on any atom is 0.252 e. The minimum absolute atomic E-state index is 0.0569. The van der Waals surface area contributed by atoms with Gasteiger partial charge in [-0.15, -0.1) is 0 Å². The molecule has 4 heteroatoms. The van der Waals surface area contributed by atoms with Crippen molar-refractivity contribution in [1.29, 1.82) is 0 Å². The highest BCUT2D eigenvalue weighted by Crippen LogP contribution is 2.63. The molecule has 2 unspecified atom stereocenters. The fourth-order valence-corrected chi connectivity index (χ4v) is 16.7. The van der Waals surface area contributed by atoms with E-state index in [1.54, 1.807) is 0 Å². The van der Waals surface area contributed by atoms with E-state index >= 15 is 0 Å². The highest BCUT2D eigenvalue weighted by Gasteiger charge is 2.58. The summed E-state index contributed by atoms with van der Waals surface area (Å²) in [5, 5.41) is 0. The number of hydrogen-bond acceptors (Lipinski definition) is 3. The Kier molecular flexibility index (Phi) is 12.6. The Hall–Kier alpha value is -9.12. The van der Waals surface area contributed by atoms with Gasteiger partial charge in [0.05, 0.1) is 11.2 Å². The molecule has 5 aliphatic rings. The highest BCUT2D eigenvalue weighted by molar-refractivity contribution is 7.00. The summed E-state index contributed by atoms with van der Waals surface area (Å²) in [6.45, 7) is 17.2. The first-order valence-electron chi connectivity index (χ1n) is 32.3. The summed E-state index contributed by atoms with van der Waals surface area (Å²) in [5.41, 5.74) is 30.6. The van der Waals surface area contributed by atoms with Gasteiger partial charge in [-0.05, 0) is 181 Å². The van der Waals surface area contributed by atoms with Crippen LogP contribution in [0.5, 0.6) is 0 Å². The third-order valence-electron chi connectivity index (χ3n) is 21.2. The Bertz CT molecular complexity index is 4470. The van der Waals surface area contributed by atoms with E-state index in [4.69, 9.17) is 0 Å². The molecule has 1 saturated carbocycles. The molecule has 0 N–H and O–H groups in total. The molecule has 3 nitrogen and oxygen atoms in total. The van der Waals surface area contributed by atoms with Gasteiger partial charge in [0.1, 0.15) is 0 Å². The fraction of sp³-hybridized carbons (Fsp3) is 0.214. The topological polar surface area (TPSA) is 9.72 Å². The molecular weight excluding hydrogens is 1060 g/mol. The number of benzene rings is 11. The van der Waals surface area contributed by atoms with Crippen LogP contribution >= 0.6 is 0 Å². The van der Waals surface area contributed by atoms with E-state index in [2.05, 4.69) is 318 Å². The zero-order chi connectivity index (χ0) is 59.7. The zero-order valence-corrected chi connectivity index (χ0v) is 52.0. The Morgan fingerprint density at radius 3 is 1.60 bits per heavy atom. The standard InChI is InChI=1S/C84H76BN3/c1-81(2,3)66-40-43-73(69(51-66)58-30-17-10-18-31-58)87-76-50-65-55-82(4,5)54-64(65)48-72(76)85-71-41-38-62(57-28-15-9-16-29-57)49-75(71)86(67-37-25-36-61(46-67)56-26-13-8-14-27-56)77-52-68(53-78(87)80(77)85)88-74-42-39-63(47-70(74)83(6)44-23-24-45-84(83,88)7)79(59-32-19-11-20-33-59)60-34-21-12-22-35-60/h8-22,25-43,46-53,79H,23-24,44-45,54-55H2,1-7H3. The molecule has 11 aromatic rings. The minimum atomic E-state index is -0.250. The van der Waals surface area contributed by atoms with Gasteiger partial charge in [-0.3, -0.25) is 0 Å². The predicted molar refractivity (Wildman–Crippen MR) is 373 cm³/mol. The molecule has 430 valence electrons. The first-order chi connectivity index (χ1) is 42.7.